The average molecular weight is 351 g/mol. The van der Waals surface area contributed by atoms with Crippen LogP contribution in [-0.2, 0) is 13.8 Å². The van der Waals surface area contributed by atoms with E-state index in [1.54, 1.807) is 0 Å². The number of esters is 1. The van der Waals surface area contributed by atoms with Crippen molar-refractivity contribution in [2.75, 3.05) is 0 Å². The number of carbonyl (C=O) groups is 1. The molecule has 0 unspecified atom stereocenters. The first kappa shape index (κ1) is 16.6. The number of rotatable bonds is 3. The van der Waals surface area contributed by atoms with E-state index in [0.29, 0.717) is 0 Å². The summed E-state index contributed by atoms with van der Waals surface area (Å²) in [5.74, 6) is -0.542. The maximum Gasteiger partial charge on any atom is 0.338 e. The maximum absolute atomic E-state index is 12.1. The van der Waals surface area contributed by atoms with Crippen LogP contribution in [0.5, 0.6) is 0 Å². The standard InChI is InChI=1S/C14H16Cl2O4S/c15-12-8-7-10(9-13(12)21(16,18)19)14(17)20-11-5-3-1-2-4-6-11/h7-9,11H,1-6H2. The highest BCUT2D eigenvalue weighted by Crippen LogP contribution is 2.27. The van der Waals surface area contributed by atoms with Crippen LogP contribution in [-0.4, -0.2) is 20.5 Å². The number of hydrogen-bond donors (Lipinski definition) is 0. The Balaban J connectivity index is 2.16. The monoisotopic (exact) mass is 350 g/mol. The van der Waals surface area contributed by atoms with Crippen LogP contribution in [0.1, 0.15) is 48.9 Å². The van der Waals surface area contributed by atoms with E-state index in [1.165, 1.54) is 12.1 Å². The normalized spacial score (nSPS) is 17.2. The molecule has 0 bridgehead atoms. The summed E-state index contributed by atoms with van der Waals surface area (Å²) >= 11 is 5.78. The fourth-order valence-electron chi connectivity index (χ4n) is 2.40. The van der Waals surface area contributed by atoms with Gasteiger partial charge in [0, 0.05) is 10.7 Å². The van der Waals surface area contributed by atoms with Gasteiger partial charge in [-0.2, -0.15) is 0 Å². The smallest absolute Gasteiger partial charge is 0.338 e. The molecule has 0 atom stereocenters. The molecule has 0 aliphatic heterocycles. The van der Waals surface area contributed by atoms with Crippen molar-refractivity contribution in [3.05, 3.63) is 28.8 Å². The third-order valence-corrected chi connectivity index (χ3v) is 5.31. The van der Waals surface area contributed by atoms with Gasteiger partial charge in [-0.1, -0.05) is 24.4 Å². The number of benzene rings is 1. The SMILES string of the molecule is O=C(OC1CCCCCC1)c1ccc(Cl)c(S(=O)(=O)Cl)c1. The van der Waals surface area contributed by atoms with Crippen LogP contribution in [0.15, 0.2) is 23.1 Å². The van der Waals surface area contributed by atoms with Crippen LogP contribution in [0.25, 0.3) is 0 Å². The third-order valence-electron chi connectivity index (χ3n) is 3.51. The molecule has 0 aromatic heterocycles. The van der Waals surface area contributed by atoms with Crippen LogP contribution in [0.4, 0.5) is 0 Å². The summed E-state index contributed by atoms with van der Waals surface area (Å²) < 4.78 is 28.2. The van der Waals surface area contributed by atoms with Gasteiger partial charge in [0.25, 0.3) is 9.05 Å². The topological polar surface area (TPSA) is 60.4 Å². The molecule has 1 fully saturated rings. The second kappa shape index (κ2) is 6.99. The van der Waals surface area contributed by atoms with Gasteiger partial charge in [0.05, 0.1) is 10.6 Å². The molecule has 1 aliphatic carbocycles. The van der Waals surface area contributed by atoms with E-state index in [-0.39, 0.29) is 21.6 Å². The lowest BCUT2D eigenvalue weighted by Gasteiger charge is -2.15. The lowest BCUT2D eigenvalue weighted by molar-refractivity contribution is 0.0267. The minimum absolute atomic E-state index is 0.0176. The van der Waals surface area contributed by atoms with E-state index in [2.05, 4.69) is 0 Å². The predicted octanol–water partition coefficient (Wildman–Crippen LogP) is 4.15. The minimum Gasteiger partial charge on any atom is -0.459 e. The maximum atomic E-state index is 12.1. The zero-order valence-corrected chi connectivity index (χ0v) is 13.7. The van der Waals surface area contributed by atoms with E-state index in [9.17, 15) is 13.2 Å². The van der Waals surface area contributed by atoms with Gasteiger partial charge >= 0.3 is 5.97 Å². The Morgan fingerprint density at radius 1 is 1.14 bits per heavy atom. The highest BCUT2D eigenvalue weighted by molar-refractivity contribution is 8.13. The number of ether oxygens (including phenoxy) is 1. The van der Waals surface area contributed by atoms with Crippen LogP contribution >= 0.6 is 22.3 Å². The van der Waals surface area contributed by atoms with E-state index in [0.717, 1.165) is 44.6 Å². The number of halogens is 2. The Morgan fingerprint density at radius 3 is 2.33 bits per heavy atom. The molecule has 1 aliphatic rings. The van der Waals surface area contributed by atoms with Crippen molar-refractivity contribution in [2.24, 2.45) is 0 Å². The first-order chi connectivity index (χ1) is 9.88. The highest BCUT2D eigenvalue weighted by atomic mass is 35.7. The molecule has 0 heterocycles. The summed E-state index contributed by atoms with van der Waals surface area (Å²) in [5.41, 5.74) is 0.142. The summed E-state index contributed by atoms with van der Waals surface area (Å²) in [7, 11) is 1.29. The molecule has 0 radical (unpaired) electrons. The number of hydrogen-bond acceptors (Lipinski definition) is 4. The Hall–Kier alpha value is -0.780. The number of carbonyl (C=O) groups excluding carboxylic acids is 1. The first-order valence-corrected chi connectivity index (χ1v) is 9.52. The van der Waals surface area contributed by atoms with Gasteiger partial charge in [0.2, 0.25) is 0 Å². The molecule has 116 valence electrons. The van der Waals surface area contributed by atoms with Crippen LogP contribution in [0.2, 0.25) is 5.02 Å². The van der Waals surface area contributed by atoms with Crippen molar-refractivity contribution in [2.45, 2.75) is 49.5 Å². The van der Waals surface area contributed by atoms with Crippen molar-refractivity contribution in [1.82, 2.24) is 0 Å². The quantitative estimate of drug-likeness (QED) is 0.466. The van der Waals surface area contributed by atoms with Gasteiger partial charge in [-0.15, -0.1) is 0 Å². The molecule has 4 nitrogen and oxygen atoms in total. The van der Waals surface area contributed by atoms with Crippen molar-refractivity contribution in [3.8, 4) is 0 Å². The molecule has 0 N–H and O–H groups in total. The molecule has 7 heteroatoms. The van der Waals surface area contributed by atoms with Crippen molar-refractivity contribution in [1.29, 1.82) is 0 Å². The molecule has 0 spiro atoms. The molecular weight excluding hydrogens is 335 g/mol. The van der Waals surface area contributed by atoms with Gasteiger partial charge in [-0.25, -0.2) is 13.2 Å². The average Bonchev–Trinajstić information content (AvgIpc) is 2.66. The fraction of sp³-hybridized carbons (Fsp3) is 0.500. The molecule has 2 rings (SSSR count). The van der Waals surface area contributed by atoms with E-state index >= 15 is 0 Å². The molecule has 1 saturated carbocycles. The second-order valence-corrected chi connectivity index (χ2v) is 8.04. The van der Waals surface area contributed by atoms with Gasteiger partial charge in [0.1, 0.15) is 11.0 Å². The van der Waals surface area contributed by atoms with Gasteiger partial charge in [-0.3, -0.25) is 0 Å². The van der Waals surface area contributed by atoms with E-state index in [1.807, 2.05) is 0 Å². The minimum atomic E-state index is -4.00. The zero-order chi connectivity index (χ0) is 15.5. The van der Waals surface area contributed by atoms with Crippen molar-refractivity contribution < 1.29 is 17.9 Å². The predicted molar refractivity (Wildman–Crippen MR) is 81.4 cm³/mol. The van der Waals surface area contributed by atoms with Gasteiger partial charge < -0.3 is 4.74 Å². The highest BCUT2D eigenvalue weighted by Gasteiger charge is 2.21. The molecule has 0 saturated heterocycles. The summed E-state index contributed by atoms with van der Waals surface area (Å²) in [6, 6.07) is 3.93. The second-order valence-electron chi connectivity index (χ2n) is 5.10. The summed E-state index contributed by atoms with van der Waals surface area (Å²) in [6.07, 6.45) is 5.99. The van der Waals surface area contributed by atoms with E-state index in [4.69, 9.17) is 27.0 Å². The summed E-state index contributed by atoms with van der Waals surface area (Å²) in [4.78, 5) is 11.8. The Bertz CT molecular complexity index is 620. The largest absolute Gasteiger partial charge is 0.459 e. The molecule has 1 aromatic carbocycles. The molecular formula is C14H16Cl2O4S. The van der Waals surface area contributed by atoms with Gasteiger partial charge in [0.15, 0.2) is 0 Å². The van der Waals surface area contributed by atoms with Crippen molar-refractivity contribution in [3.63, 3.8) is 0 Å². The van der Waals surface area contributed by atoms with Crippen molar-refractivity contribution >= 4 is 37.3 Å². The Labute approximate surface area is 133 Å². The summed E-state index contributed by atoms with van der Waals surface area (Å²) in [6.45, 7) is 0. The van der Waals surface area contributed by atoms with E-state index < -0.39 is 15.0 Å². The summed E-state index contributed by atoms with van der Waals surface area (Å²) in [5, 5.41) is -0.0176. The van der Waals surface area contributed by atoms with Crippen LogP contribution < -0.4 is 0 Å². The zero-order valence-electron chi connectivity index (χ0n) is 11.3. The van der Waals surface area contributed by atoms with Crippen LogP contribution in [0.3, 0.4) is 0 Å². The third kappa shape index (κ3) is 4.59. The van der Waals surface area contributed by atoms with Gasteiger partial charge in [-0.05, 0) is 43.9 Å². The fourth-order valence-corrected chi connectivity index (χ4v) is 3.89. The molecule has 0 amide bonds. The first-order valence-electron chi connectivity index (χ1n) is 6.83. The lowest BCUT2D eigenvalue weighted by atomic mass is 10.1. The van der Waals surface area contributed by atoms with Crippen LogP contribution in [0, 0.1) is 0 Å². The molecule has 21 heavy (non-hydrogen) atoms. The lowest BCUT2D eigenvalue weighted by Crippen LogP contribution is -2.17. The Morgan fingerprint density at radius 2 is 1.76 bits per heavy atom. The molecule has 1 aromatic rings. The Kier molecular flexibility index (Phi) is 5.52.